The van der Waals surface area contributed by atoms with Crippen molar-refractivity contribution in [3.63, 3.8) is 0 Å². The SMILES string of the molecule is C=C(C)n1c(=O)n(Cc2ccc(Cl)cc2)c2cc(C)c(C)cc21. The average molecular weight is 327 g/mol. The topological polar surface area (TPSA) is 26.9 Å². The van der Waals surface area contributed by atoms with Crippen LogP contribution in [0.15, 0.2) is 47.8 Å². The predicted molar refractivity (Wildman–Crippen MR) is 97.2 cm³/mol. The number of aryl methyl sites for hydroxylation is 2. The van der Waals surface area contributed by atoms with Crippen LogP contribution in [-0.4, -0.2) is 9.13 Å². The molecule has 23 heavy (non-hydrogen) atoms. The van der Waals surface area contributed by atoms with Crippen LogP contribution in [0, 0.1) is 13.8 Å². The van der Waals surface area contributed by atoms with Gasteiger partial charge in [-0.3, -0.25) is 9.13 Å². The molecule has 1 aromatic heterocycles. The maximum Gasteiger partial charge on any atom is 0.333 e. The summed E-state index contributed by atoms with van der Waals surface area (Å²) in [4.78, 5) is 12.9. The number of hydrogen-bond acceptors (Lipinski definition) is 1. The number of benzene rings is 2. The van der Waals surface area contributed by atoms with E-state index in [1.165, 1.54) is 5.56 Å². The minimum absolute atomic E-state index is 0.0625. The minimum atomic E-state index is -0.0625. The van der Waals surface area contributed by atoms with Crippen molar-refractivity contribution in [1.82, 2.24) is 9.13 Å². The zero-order chi connectivity index (χ0) is 16.7. The van der Waals surface area contributed by atoms with Gasteiger partial charge >= 0.3 is 5.69 Å². The van der Waals surface area contributed by atoms with Crippen molar-refractivity contribution >= 4 is 28.3 Å². The number of nitrogens with zero attached hydrogens (tertiary/aromatic N) is 2. The molecule has 0 unspecified atom stereocenters. The van der Waals surface area contributed by atoms with E-state index in [1.54, 1.807) is 9.13 Å². The second-order valence-electron chi connectivity index (χ2n) is 5.99. The van der Waals surface area contributed by atoms with E-state index in [1.807, 2.05) is 31.2 Å². The number of allylic oxidation sites excluding steroid dienone is 1. The van der Waals surface area contributed by atoms with Crippen molar-refractivity contribution in [3.05, 3.63) is 75.2 Å². The predicted octanol–water partition coefficient (Wildman–Crippen LogP) is 4.61. The van der Waals surface area contributed by atoms with Crippen LogP contribution in [0.1, 0.15) is 23.6 Å². The fourth-order valence-electron chi connectivity index (χ4n) is 2.80. The number of fused-ring (bicyclic) bond motifs is 1. The van der Waals surface area contributed by atoms with Crippen LogP contribution < -0.4 is 5.69 Å². The summed E-state index contributed by atoms with van der Waals surface area (Å²) < 4.78 is 3.47. The summed E-state index contributed by atoms with van der Waals surface area (Å²) in [6.07, 6.45) is 0. The van der Waals surface area contributed by atoms with Crippen LogP contribution in [0.25, 0.3) is 16.7 Å². The summed E-state index contributed by atoms with van der Waals surface area (Å²) in [5.41, 5.74) is 5.86. The molecule has 0 spiro atoms. The van der Waals surface area contributed by atoms with E-state index in [2.05, 4.69) is 32.6 Å². The Morgan fingerprint density at radius 2 is 1.65 bits per heavy atom. The lowest BCUT2D eigenvalue weighted by Crippen LogP contribution is -2.23. The van der Waals surface area contributed by atoms with E-state index < -0.39 is 0 Å². The lowest BCUT2D eigenvalue weighted by molar-refractivity contribution is 0.766. The summed E-state index contributed by atoms with van der Waals surface area (Å²) in [5.74, 6) is 0. The second kappa shape index (κ2) is 5.74. The Bertz CT molecular complexity index is 962. The fraction of sp³-hybridized carbons (Fsp3) is 0.211. The molecule has 0 amide bonds. The quantitative estimate of drug-likeness (QED) is 0.690. The van der Waals surface area contributed by atoms with Crippen molar-refractivity contribution in [2.75, 3.05) is 0 Å². The lowest BCUT2D eigenvalue weighted by atomic mass is 10.1. The van der Waals surface area contributed by atoms with E-state index in [0.717, 1.165) is 27.9 Å². The highest BCUT2D eigenvalue weighted by Crippen LogP contribution is 2.22. The Hall–Kier alpha value is -2.26. The summed E-state index contributed by atoms with van der Waals surface area (Å²) in [6, 6.07) is 11.7. The van der Waals surface area contributed by atoms with Crippen LogP contribution in [0.5, 0.6) is 0 Å². The molecule has 118 valence electrons. The Balaban J connectivity index is 2.25. The van der Waals surface area contributed by atoms with Crippen LogP contribution in [-0.2, 0) is 6.54 Å². The highest BCUT2D eigenvalue weighted by Gasteiger charge is 2.15. The first-order chi connectivity index (χ1) is 10.9. The Kier molecular flexibility index (Phi) is 3.90. The number of rotatable bonds is 3. The monoisotopic (exact) mass is 326 g/mol. The molecule has 3 rings (SSSR count). The van der Waals surface area contributed by atoms with Crippen LogP contribution in [0.4, 0.5) is 0 Å². The van der Waals surface area contributed by atoms with Gasteiger partial charge in [-0.05, 0) is 61.7 Å². The van der Waals surface area contributed by atoms with Crippen molar-refractivity contribution in [2.45, 2.75) is 27.3 Å². The molecule has 0 aliphatic heterocycles. The molecule has 4 heteroatoms. The van der Waals surface area contributed by atoms with Gasteiger partial charge in [0.2, 0.25) is 0 Å². The van der Waals surface area contributed by atoms with E-state index in [4.69, 9.17) is 11.6 Å². The third-order valence-corrected chi connectivity index (χ3v) is 4.43. The van der Waals surface area contributed by atoms with Gasteiger partial charge in [-0.25, -0.2) is 4.79 Å². The highest BCUT2D eigenvalue weighted by molar-refractivity contribution is 6.30. The van der Waals surface area contributed by atoms with E-state index in [0.29, 0.717) is 11.6 Å². The van der Waals surface area contributed by atoms with Gasteiger partial charge in [0, 0.05) is 10.7 Å². The maximum absolute atomic E-state index is 12.9. The fourth-order valence-corrected chi connectivity index (χ4v) is 2.93. The number of imidazole rings is 1. The second-order valence-corrected chi connectivity index (χ2v) is 6.43. The first kappa shape index (κ1) is 15.6. The summed E-state index contributed by atoms with van der Waals surface area (Å²) in [7, 11) is 0. The molecule has 0 saturated heterocycles. The van der Waals surface area contributed by atoms with Gasteiger partial charge in [0.1, 0.15) is 0 Å². The maximum atomic E-state index is 12.9. The van der Waals surface area contributed by atoms with Gasteiger partial charge in [0.05, 0.1) is 17.6 Å². The highest BCUT2D eigenvalue weighted by atomic mass is 35.5. The van der Waals surface area contributed by atoms with Gasteiger partial charge in [-0.1, -0.05) is 30.3 Å². The Labute approximate surface area is 140 Å². The molecule has 3 nitrogen and oxygen atoms in total. The van der Waals surface area contributed by atoms with Crippen LogP contribution in [0.2, 0.25) is 5.02 Å². The molecule has 0 fully saturated rings. The van der Waals surface area contributed by atoms with Gasteiger partial charge < -0.3 is 0 Å². The van der Waals surface area contributed by atoms with Crippen LogP contribution >= 0.6 is 11.6 Å². The smallest absolute Gasteiger partial charge is 0.287 e. The normalized spacial score (nSPS) is 11.1. The zero-order valence-corrected chi connectivity index (χ0v) is 14.3. The van der Waals surface area contributed by atoms with Crippen molar-refractivity contribution in [3.8, 4) is 0 Å². The van der Waals surface area contributed by atoms with Gasteiger partial charge in [-0.2, -0.15) is 0 Å². The van der Waals surface area contributed by atoms with Gasteiger partial charge in [0.25, 0.3) is 0 Å². The van der Waals surface area contributed by atoms with Crippen LogP contribution in [0.3, 0.4) is 0 Å². The van der Waals surface area contributed by atoms with E-state index in [-0.39, 0.29) is 5.69 Å². The molecule has 0 atom stereocenters. The summed E-state index contributed by atoms with van der Waals surface area (Å²) in [6.45, 7) is 10.4. The molecule has 0 bridgehead atoms. The molecular weight excluding hydrogens is 308 g/mol. The summed E-state index contributed by atoms with van der Waals surface area (Å²) in [5, 5.41) is 0.692. The lowest BCUT2D eigenvalue weighted by Gasteiger charge is -2.06. The summed E-state index contributed by atoms with van der Waals surface area (Å²) >= 11 is 5.94. The van der Waals surface area contributed by atoms with Crippen molar-refractivity contribution in [2.24, 2.45) is 0 Å². The number of aromatic nitrogens is 2. The molecule has 1 heterocycles. The Morgan fingerprint density at radius 1 is 1.09 bits per heavy atom. The molecule has 0 saturated carbocycles. The first-order valence-electron chi connectivity index (χ1n) is 7.51. The molecule has 0 radical (unpaired) electrons. The standard InChI is InChI=1S/C19H19ClN2O/c1-12(2)22-18-10-14(4)13(3)9-17(18)21(19(22)23)11-15-5-7-16(20)8-6-15/h5-10H,1,11H2,2-4H3. The molecular formula is C19H19ClN2O. The molecule has 0 aliphatic rings. The van der Waals surface area contributed by atoms with E-state index in [9.17, 15) is 4.79 Å². The first-order valence-corrected chi connectivity index (χ1v) is 7.89. The van der Waals surface area contributed by atoms with Crippen molar-refractivity contribution in [1.29, 1.82) is 0 Å². The number of halogens is 1. The largest absolute Gasteiger partial charge is 0.333 e. The van der Waals surface area contributed by atoms with Gasteiger partial charge in [0.15, 0.2) is 0 Å². The third-order valence-electron chi connectivity index (χ3n) is 4.18. The molecule has 3 aromatic rings. The zero-order valence-electron chi connectivity index (χ0n) is 13.6. The molecule has 0 N–H and O–H groups in total. The molecule has 2 aromatic carbocycles. The van der Waals surface area contributed by atoms with E-state index >= 15 is 0 Å². The third kappa shape index (κ3) is 2.73. The molecule has 0 aliphatic carbocycles. The van der Waals surface area contributed by atoms with Gasteiger partial charge in [-0.15, -0.1) is 0 Å². The average Bonchev–Trinajstić information content (AvgIpc) is 2.74. The Morgan fingerprint density at radius 3 is 2.22 bits per heavy atom. The number of hydrogen-bond donors (Lipinski definition) is 0. The van der Waals surface area contributed by atoms with Crippen molar-refractivity contribution < 1.29 is 0 Å². The minimum Gasteiger partial charge on any atom is -0.287 e.